The van der Waals surface area contributed by atoms with Crippen molar-refractivity contribution in [2.24, 2.45) is 0 Å². The molecule has 0 aliphatic carbocycles. The Bertz CT molecular complexity index is 685. The number of imidazole rings is 1. The molecule has 136 valence electrons. The number of carbonyl (C=O) groups is 1. The molecule has 0 aliphatic heterocycles. The quantitative estimate of drug-likeness (QED) is 0.866. The van der Waals surface area contributed by atoms with E-state index in [-0.39, 0.29) is 6.10 Å². The first-order chi connectivity index (χ1) is 11.7. The van der Waals surface area contributed by atoms with Crippen LogP contribution in [0.2, 0.25) is 0 Å². The molecule has 0 radical (unpaired) electrons. The largest absolute Gasteiger partial charge is 0.491 e. The zero-order chi connectivity index (χ0) is 18.4. The number of hydrogen-bond acceptors (Lipinski definition) is 4. The van der Waals surface area contributed by atoms with Crippen LogP contribution in [0.1, 0.15) is 40.3 Å². The molecule has 0 aliphatic rings. The van der Waals surface area contributed by atoms with Gasteiger partial charge in [-0.1, -0.05) is 0 Å². The first-order valence-electron chi connectivity index (χ1n) is 8.50. The molecule has 1 N–H and O–H groups in total. The molecule has 0 saturated heterocycles. The molecule has 0 spiro atoms. The monoisotopic (exact) mass is 345 g/mol. The Hall–Kier alpha value is -2.50. The average molecular weight is 345 g/mol. The Kier molecular flexibility index (Phi) is 6.07. The zero-order valence-electron chi connectivity index (χ0n) is 15.6. The van der Waals surface area contributed by atoms with Crippen LogP contribution >= 0.6 is 0 Å². The van der Waals surface area contributed by atoms with E-state index in [9.17, 15) is 4.79 Å². The number of carbonyl (C=O) groups excluding carboxylic acids is 1. The van der Waals surface area contributed by atoms with E-state index in [0.717, 1.165) is 17.1 Å². The van der Waals surface area contributed by atoms with Gasteiger partial charge in [-0.25, -0.2) is 9.78 Å². The van der Waals surface area contributed by atoms with Crippen LogP contribution in [0.3, 0.4) is 0 Å². The summed E-state index contributed by atoms with van der Waals surface area (Å²) in [5.41, 5.74) is 1.51. The Morgan fingerprint density at radius 1 is 1.24 bits per heavy atom. The topological polar surface area (TPSA) is 65.4 Å². The number of alkyl carbamates (subject to hydrolysis) is 1. The van der Waals surface area contributed by atoms with Crippen LogP contribution in [0.4, 0.5) is 4.79 Å². The molecule has 2 aromatic rings. The molecule has 1 amide bonds. The van der Waals surface area contributed by atoms with Crippen LogP contribution in [-0.4, -0.2) is 33.9 Å². The van der Waals surface area contributed by atoms with Gasteiger partial charge in [-0.15, -0.1) is 0 Å². The van der Waals surface area contributed by atoms with Crippen LogP contribution in [0.15, 0.2) is 36.8 Å². The SMILES string of the molecule is CC(C)Oc1ccc(-n2cncc2CCNC(=O)OC(C)(C)C)cc1. The molecule has 0 fully saturated rings. The predicted octanol–water partition coefficient (Wildman–Crippen LogP) is 3.73. The molecule has 6 heteroatoms. The molecular weight excluding hydrogens is 318 g/mol. The summed E-state index contributed by atoms with van der Waals surface area (Å²) in [5, 5.41) is 2.76. The summed E-state index contributed by atoms with van der Waals surface area (Å²) in [6, 6.07) is 7.87. The van der Waals surface area contributed by atoms with E-state index < -0.39 is 11.7 Å². The molecule has 25 heavy (non-hydrogen) atoms. The summed E-state index contributed by atoms with van der Waals surface area (Å²) >= 11 is 0. The molecule has 1 heterocycles. The third-order valence-electron chi connectivity index (χ3n) is 3.25. The lowest BCUT2D eigenvalue weighted by molar-refractivity contribution is 0.0528. The van der Waals surface area contributed by atoms with E-state index in [1.54, 1.807) is 12.5 Å². The molecule has 0 bridgehead atoms. The molecule has 1 aromatic carbocycles. The van der Waals surface area contributed by atoms with Crippen LogP contribution in [0.25, 0.3) is 5.69 Å². The smallest absolute Gasteiger partial charge is 0.407 e. The molecule has 0 unspecified atom stereocenters. The number of nitrogens with zero attached hydrogens (tertiary/aromatic N) is 2. The predicted molar refractivity (Wildman–Crippen MR) is 97.3 cm³/mol. The molecule has 0 saturated carbocycles. The highest BCUT2D eigenvalue weighted by Gasteiger charge is 2.15. The van der Waals surface area contributed by atoms with Crippen LogP contribution in [0.5, 0.6) is 5.75 Å². The Morgan fingerprint density at radius 3 is 2.52 bits per heavy atom. The summed E-state index contributed by atoms with van der Waals surface area (Å²) in [5.74, 6) is 0.840. The number of rotatable bonds is 6. The average Bonchev–Trinajstić information content (AvgIpc) is 2.94. The number of benzene rings is 1. The van der Waals surface area contributed by atoms with Gasteiger partial charge < -0.3 is 19.4 Å². The molecule has 0 atom stereocenters. The van der Waals surface area contributed by atoms with E-state index in [0.29, 0.717) is 13.0 Å². The highest BCUT2D eigenvalue weighted by Crippen LogP contribution is 2.18. The number of ether oxygens (including phenoxy) is 2. The summed E-state index contributed by atoms with van der Waals surface area (Å²) < 4.78 is 12.9. The van der Waals surface area contributed by atoms with Crippen molar-refractivity contribution in [2.75, 3.05) is 6.54 Å². The zero-order valence-corrected chi connectivity index (χ0v) is 15.6. The van der Waals surface area contributed by atoms with Crippen molar-refractivity contribution < 1.29 is 14.3 Å². The Balaban J connectivity index is 1.95. The minimum Gasteiger partial charge on any atom is -0.491 e. The maximum Gasteiger partial charge on any atom is 0.407 e. The van der Waals surface area contributed by atoms with Gasteiger partial charge in [-0.05, 0) is 58.9 Å². The first kappa shape index (κ1) is 18.8. The number of aromatic nitrogens is 2. The number of hydrogen-bond donors (Lipinski definition) is 1. The Morgan fingerprint density at radius 2 is 1.92 bits per heavy atom. The second-order valence-electron chi connectivity index (χ2n) is 7.09. The van der Waals surface area contributed by atoms with E-state index in [4.69, 9.17) is 9.47 Å². The van der Waals surface area contributed by atoms with Crippen molar-refractivity contribution in [1.82, 2.24) is 14.9 Å². The molecule has 1 aromatic heterocycles. The van der Waals surface area contributed by atoms with Crippen molar-refractivity contribution in [3.8, 4) is 11.4 Å². The minimum atomic E-state index is -0.494. The highest BCUT2D eigenvalue weighted by molar-refractivity contribution is 5.67. The van der Waals surface area contributed by atoms with Gasteiger partial charge in [0.2, 0.25) is 0 Å². The van der Waals surface area contributed by atoms with Gasteiger partial charge in [0.05, 0.1) is 12.4 Å². The highest BCUT2D eigenvalue weighted by atomic mass is 16.6. The van der Waals surface area contributed by atoms with Gasteiger partial charge in [0.25, 0.3) is 0 Å². The standard InChI is InChI=1S/C19H27N3O3/c1-14(2)24-17-8-6-15(7-9-17)22-13-20-12-16(22)10-11-21-18(23)25-19(3,4)5/h6-9,12-14H,10-11H2,1-5H3,(H,21,23). The minimum absolute atomic E-state index is 0.147. The van der Waals surface area contributed by atoms with Crippen molar-refractivity contribution in [2.45, 2.75) is 52.7 Å². The van der Waals surface area contributed by atoms with Crippen molar-refractivity contribution in [3.05, 3.63) is 42.5 Å². The van der Waals surface area contributed by atoms with Gasteiger partial charge in [-0.3, -0.25) is 0 Å². The molecule has 6 nitrogen and oxygen atoms in total. The lowest BCUT2D eigenvalue weighted by atomic mass is 10.2. The summed E-state index contributed by atoms with van der Waals surface area (Å²) in [6.45, 7) is 10.0. The first-order valence-corrected chi connectivity index (χ1v) is 8.50. The molecule has 2 rings (SSSR count). The second kappa shape index (κ2) is 8.05. The summed E-state index contributed by atoms with van der Waals surface area (Å²) in [7, 11) is 0. The summed E-state index contributed by atoms with van der Waals surface area (Å²) in [4.78, 5) is 15.9. The molecular formula is C19H27N3O3. The maximum atomic E-state index is 11.7. The third-order valence-corrected chi connectivity index (χ3v) is 3.25. The van der Waals surface area contributed by atoms with Crippen molar-refractivity contribution in [1.29, 1.82) is 0 Å². The fraction of sp³-hybridized carbons (Fsp3) is 0.474. The van der Waals surface area contributed by atoms with Gasteiger partial charge in [0, 0.05) is 30.5 Å². The van der Waals surface area contributed by atoms with E-state index in [1.807, 2.05) is 63.5 Å². The fourth-order valence-corrected chi connectivity index (χ4v) is 2.30. The number of amides is 1. The van der Waals surface area contributed by atoms with E-state index in [1.165, 1.54) is 0 Å². The lowest BCUT2D eigenvalue weighted by Gasteiger charge is -2.19. The third kappa shape index (κ3) is 6.14. The fourth-order valence-electron chi connectivity index (χ4n) is 2.30. The van der Waals surface area contributed by atoms with Gasteiger partial charge in [0.1, 0.15) is 11.4 Å². The van der Waals surface area contributed by atoms with E-state index in [2.05, 4.69) is 10.3 Å². The van der Waals surface area contributed by atoms with Crippen LogP contribution in [0, 0.1) is 0 Å². The van der Waals surface area contributed by atoms with Crippen LogP contribution in [-0.2, 0) is 11.2 Å². The van der Waals surface area contributed by atoms with Gasteiger partial charge in [0.15, 0.2) is 0 Å². The van der Waals surface area contributed by atoms with Gasteiger partial charge >= 0.3 is 6.09 Å². The van der Waals surface area contributed by atoms with Crippen LogP contribution < -0.4 is 10.1 Å². The summed E-state index contributed by atoms with van der Waals surface area (Å²) in [6.07, 6.45) is 3.96. The van der Waals surface area contributed by atoms with Crippen molar-refractivity contribution in [3.63, 3.8) is 0 Å². The second-order valence-corrected chi connectivity index (χ2v) is 7.09. The maximum absolute atomic E-state index is 11.7. The lowest BCUT2D eigenvalue weighted by Crippen LogP contribution is -2.33. The van der Waals surface area contributed by atoms with Gasteiger partial charge in [-0.2, -0.15) is 0 Å². The van der Waals surface area contributed by atoms with E-state index >= 15 is 0 Å². The van der Waals surface area contributed by atoms with Crippen molar-refractivity contribution >= 4 is 6.09 Å². The Labute approximate surface area is 149 Å². The normalized spacial score (nSPS) is 11.4. The number of nitrogens with one attached hydrogen (secondary N) is 1.